The maximum Gasteiger partial charge on any atom is 0.183 e. The maximum absolute atomic E-state index is 13.4. The van der Waals surface area contributed by atoms with Crippen molar-refractivity contribution in [1.82, 2.24) is 0 Å². The largest absolute Gasteiger partial charge is 0.506 e. The third kappa shape index (κ3) is 5.00. The lowest BCUT2D eigenvalue weighted by atomic mass is 9.99. The van der Waals surface area contributed by atoms with E-state index in [1.807, 2.05) is 31.2 Å². The van der Waals surface area contributed by atoms with Crippen LogP contribution in [0.15, 0.2) is 53.4 Å². The summed E-state index contributed by atoms with van der Waals surface area (Å²) in [6.07, 6.45) is 1.46. The highest BCUT2D eigenvalue weighted by atomic mass is 35.5. The van der Waals surface area contributed by atoms with Crippen molar-refractivity contribution in [2.24, 2.45) is 0 Å². The van der Waals surface area contributed by atoms with Gasteiger partial charge in [-0.3, -0.25) is 0 Å². The number of aromatic hydroxyl groups is 1. The van der Waals surface area contributed by atoms with Crippen LogP contribution in [-0.2, 0) is 28.4 Å². The van der Waals surface area contributed by atoms with E-state index < -0.39 is 9.84 Å². The summed E-state index contributed by atoms with van der Waals surface area (Å²) in [6.45, 7) is 5.85. The average Bonchev–Trinajstić information content (AvgIpc) is 2.65. The Balaban J connectivity index is 2.05. The van der Waals surface area contributed by atoms with Crippen molar-refractivity contribution in [2.45, 2.75) is 44.3 Å². The van der Waals surface area contributed by atoms with Crippen molar-refractivity contribution < 1.29 is 13.5 Å². The molecule has 0 spiro atoms. The number of hydrogen-bond donors (Lipinski definition) is 1. The van der Waals surface area contributed by atoms with Crippen LogP contribution in [0.2, 0.25) is 10.0 Å². The molecule has 0 aromatic heterocycles. The highest BCUT2D eigenvalue weighted by Crippen LogP contribution is 2.35. The number of benzene rings is 3. The normalized spacial score (nSPS) is 11.6. The van der Waals surface area contributed by atoms with Gasteiger partial charge in [-0.25, -0.2) is 8.42 Å². The van der Waals surface area contributed by atoms with Crippen molar-refractivity contribution in [3.63, 3.8) is 0 Å². The van der Waals surface area contributed by atoms with Crippen molar-refractivity contribution in [3.05, 3.63) is 92.0 Å². The second-order valence-corrected chi connectivity index (χ2v) is 10.3. The monoisotopic (exact) mass is 462 g/mol. The molecule has 0 amide bonds. The van der Waals surface area contributed by atoms with E-state index in [-0.39, 0.29) is 27.1 Å². The molecule has 0 saturated carbocycles. The fourth-order valence-corrected chi connectivity index (χ4v) is 6.13. The van der Waals surface area contributed by atoms with Crippen LogP contribution in [-0.4, -0.2) is 13.5 Å². The summed E-state index contributed by atoms with van der Waals surface area (Å²) in [4.78, 5) is 0.295. The number of halogens is 2. The van der Waals surface area contributed by atoms with Gasteiger partial charge < -0.3 is 5.11 Å². The standard InChI is InChI=1S/C24H24Cl2O3S/c1-4-17-5-7-18(8-6-17)11-19-10-15(2)9-16(3)24(19)30(28,29)14-20-12-21(25)13-22(26)23(20)27/h5-10,12-13,27H,4,11,14H2,1-3H3. The number of phenolic OH excluding ortho intramolecular Hbond substituents is 1. The van der Waals surface area contributed by atoms with Crippen LogP contribution in [0.5, 0.6) is 5.75 Å². The van der Waals surface area contributed by atoms with E-state index in [2.05, 4.69) is 19.1 Å². The molecule has 30 heavy (non-hydrogen) atoms. The summed E-state index contributed by atoms with van der Waals surface area (Å²) in [5.74, 6) is -0.642. The first-order chi connectivity index (χ1) is 14.1. The Labute approximate surface area is 188 Å². The number of rotatable bonds is 6. The molecular weight excluding hydrogens is 439 g/mol. The summed E-state index contributed by atoms with van der Waals surface area (Å²) in [5.41, 5.74) is 4.89. The van der Waals surface area contributed by atoms with Crippen LogP contribution < -0.4 is 0 Å². The Morgan fingerprint density at radius 1 is 0.900 bits per heavy atom. The van der Waals surface area contributed by atoms with Crippen LogP contribution in [0.3, 0.4) is 0 Å². The third-order valence-electron chi connectivity index (χ3n) is 5.09. The molecule has 0 saturated heterocycles. The summed E-state index contributed by atoms with van der Waals surface area (Å²) >= 11 is 12.0. The molecule has 3 aromatic carbocycles. The predicted molar refractivity (Wildman–Crippen MR) is 124 cm³/mol. The molecule has 0 atom stereocenters. The molecule has 0 bridgehead atoms. The zero-order chi connectivity index (χ0) is 22.1. The minimum Gasteiger partial charge on any atom is -0.506 e. The van der Waals surface area contributed by atoms with Crippen LogP contribution in [0.1, 0.15) is 40.3 Å². The first kappa shape index (κ1) is 22.7. The molecular formula is C24H24Cl2O3S. The Kier molecular flexibility index (Phi) is 6.81. The molecule has 0 aliphatic rings. The molecule has 3 rings (SSSR count). The fraction of sp³-hybridized carbons (Fsp3) is 0.250. The quantitative estimate of drug-likeness (QED) is 0.458. The molecule has 6 heteroatoms. The number of phenols is 1. The Morgan fingerprint density at radius 2 is 1.53 bits per heavy atom. The van der Waals surface area contributed by atoms with Gasteiger partial charge in [-0.05, 0) is 61.1 Å². The maximum atomic E-state index is 13.4. The number of sulfone groups is 1. The number of aryl methyl sites for hydroxylation is 3. The molecule has 3 aromatic rings. The van der Waals surface area contributed by atoms with Gasteiger partial charge in [0, 0.05) is 10.6 Å². The Morgan fingerprint density at radius 3 is 2.17 bits per heavy atom. The van der Waals surface area contributed by atoms with Gasteiger partial charge in [-0.1, -0.05) is 72.1 Å². The minimum absolute atomic E-state index is 0.0320. The lowest BCUT2D eigenvalue weighted by Crippen LogP contribution is -2.11. The van der Waals surface area contributed by atoms with E-state index in [9.17, 15) is 13.5 Å². The van der Waals surface area contributed by atoms with Crippen LogP contribution in [0, 0.1) is 13.8 Å². The van der Waals surface area contributed by atoms with Crippen LogP contribution in [0.25, 0.3) is 0 Å². The van der Waals surface area contributed by atoms with E-state index in [0.717, 1.165) is 23.1 Å². The van der Waals surface area contributed by atoms with Gasteiger partial charge in [0.05, 0.1) is 15.7 Å². The van der Waals surface area contributed by atoms with Crippen molar-refractivity contribution >= 4 is 33.0 Å². The topological polar surface area (TPSA) is 54.4 Å². The molecule has 0 aliphatic heterocycles. The van der Waals surface area contributed by atoms with Crippen LogP contribution >= 0.6 is 23.2 Å². The second kappa shape index (κ2) is 9.01. The van der Waals surface area contributed by atoms with Gasteiger partial charge in [0.2, 0.25) is 0 Å². The van der Waals surface area contributed by atoms with E-state index >= 15 is 0 Å². The molecule has 0 heterocycles. The molecule has 0 fully saturated rings. The first-order valence-electron chi connectivity index (χ1n) is 9.68. The summed E-state index contributed by atoms with van der Waals surface area (Å²) in [7, 11) is -3.76. The van der Waals surface area contributed by atoms with Gasteiger partial charge in [0.25, 0.3) is 0 Å². The lowest BCUT2D eigenvalue weighted by Gasteiger charge is -2.16. The zero-order valence-electron chi connectivity index (χ0n) is 17.2. The van der Waals surface area contributed by atoms with Gasteiger partial charge in [-0.15, -0.1) is 0 Å². The predicted octanol–water partition coefficient (Wildman–Crippen LogP) is 6.44. The van der Waals surface area contributed by atoms with Gasteiger partial charge >= 0.3 is 0 Å². The second-order valence-electron chi connectivity index (χ2n) is 7.57. The lowest BCUT2D eigenvalue weighted by molar-refractivity contribution is 0.470. The van der Waals surface area contributed by atoms with Crippen molar-refractivity contribution in [2.75, 3.05) is 0 Å². The summed E-state index contributed by atoms with van der Waals surface area (Å²) in [5, 5.41) is 10.6. The van der Waals surface area contributed by atoms with Crippen molar-refractivity contribution in [1.29, 1.82) is 0 Å². The number of hydrogen-bond acceptors (Lipinski definition) is 3. The van der Waals surface area contributed by atoms with Crippen LogP contribution in [0.4, 0.5) is 0 Å². The Bertz CT molecular complexity index is 1180. The SMILES string of the molecule is CCc1ccc(Cc2cc(C)cc(C)c2S(=O)(=O)Cc2cc(Cl)cc(Cl)c2O)cc1. The summed E-state index contributed by atoms with van der Waals surface area (Å²) in [6, 6.07) is 14.8. The van der Waals surface area contributed by atoms with Gasteiger partial charge in [0.15, 0.2) is 9.84 Å². The first-order valence-corrected chi connectivity index (χ1v) is 12.1. The van der Waals surface area contributed by atoms with E-state index in [4.69, 9.17) is 23.2 Å². The zero-order valence-corrected chi connectivity index (χ0v) is 19.5. The molecule has 3 nitrogen and oxygen atoms in total. The van der Waals surface area contributed by atoms with Gasteiger partial charge in [0.1, 0.15) is 5.75 Å². The molecule has 0 unspecified atom stereocenters. The van der Waals surface area contributed by atoms with Crippen molar-refractivity contribution in [3.8, 4) is 5.75 Å². The van der Waals surface area contributed by atoms with Gasteiger partial charge in [-0.2, -0.15) is 0 Å². The smallest absolute Gasteiger partial charge is 0.183 e. The van der Waals surface area contributed by atoms with E-state index in [1.165, 1.54) is 17.7 Å². The van der Waals surface area contributed by atoms with E-state index in [0.29, 0.717) is 16.9 Å². The minimum atomic E-state index is -3.76. The molecule has 0 aliphatic carbocycles. The molecule has 158 valence electrons. The summed E-state index contributed by atoms with van der Waals surface area (Å²) < 4.78 is 26.8. The fourth-order valence-electron chi connectivity index (χ4n) is 3.74. The molecule has 1 N–H and O–H groups in total. The van der Waals surface area contributed by atoms with E-state index in [1.54, 1.807) is 6.92 Å². The third-order valence-corrected chi connectivity index (χ3v) is 7.49. The molecule has 0 radical (unpaired) electrons. The average molecular weight is 463 g/mol. The highest BCUT2D eigenvalue weighted by Gasteiger charge is 2.24. The highest BCUT2D eigenvalue weighted by molar-refractivity contribution is 7.90. The Hall–Kier alpha value is -2.01.